The molecule has 0 aliphatic rings. The summed E-state index contributed by atoms with van der Waals surface area (Å²) in [5.41, 5.74) is 8.17. The summed E-state index contributed by atoms with van der Waals surface area (Å²) in [4.78, 5) is 2.14. The van der Waals surface area contributed by atoms with Gasteiger partial charge < -0.3 is 15.7 Å². The molecule has 0 aliphatic carbocycles. The van der Waals surface area contributed by atoms with Gasteiger partial charge in [0.25, 0.3) is 0 Å². The van der Waals surface area contributed by atoms with Crippen LogP contribution in [-0.4, -0.2) is 24.8 Å². The molecule has 0 aromatic heterocycles. The molecule has 0 radical (unpaired) electrons. The van der Waals surface area contributed by atoms with Crippen molar-refractivity contribution in [1.82, 2.24) is 0 Å². The van der Waals surface area contributed by atoms with E-state index in [1.54, 1.807) is 0 Å². The molecule has 0 heterocycles. The van der Waals surface area contributed by atoms with Crippen LogP contribution in [0.15, 0.2) is 24.3 Å². The third-order valence-corrected chi connectivity index (χ3v) is 2.52. The topological polar surface area (TPSA) is 49.5 Å². The maximum Gasteiger partial charge on any atom is 0.0606 e. The second-order valence-corrected chi connectivity index (χ2v) is 3.65. The van der Waals surface area contributed by atoms with Crippen molar-refractivity contribution in [3.05, 3.63) is 29.8 Å². The van der Waals surface area contributed by atoms with Gasteiger partial charge in [0.15, 0.2) is 0 Å². The zero-order chi connectivity index (χ0) is 11.3. The van der Waals surface area contributed by atoms with Gasteiger partial charge in [-0.2, -0.15) is 0 Å². The van der Waals surface area contributed by atoms with Gasteiger partial charge >= 0.3 is 0 Å². The van der Waals surface area contributed by atoms with Crippen LogP contribution in [0.25, 0.3) is 0 Å². The molecular formula is C12H20N2O. The van der Waals surface area contributed by atoms with Gasteiger partial charge in [-0.1, -0.05) is 18.2 Å². The minimum absolute atomic E-state index is 0.0222. The quantitative estimate of drug-likeness (QED) is 0.771. The van der Waals surface area contributed by atoms with Crippen LogP contribution in [0.2, 0.25) is 0 Å². The molecule has 84 valence electrons. The van der Waals surface area contributed by atoms with Gasteiger partial charge in [0, 0.05) is 24.8 Å². The Morgan fingerprint density at radius 1 is 1.40 bits per heavy atom. The molecule has 1 aromatic rings. The van der Waals surface area contributed by atoms with E-state index in [0.29, 0.717) is 6.54 Å². The Hall–Kier alpha value is -1.06. The van der Waals surface area contributed by atoms with E-state index in [-0.39, 0.29) is 12.6 Å². The lowest BCUT2D eigenvalue weighted by molar-refractivity contribution is 0.302. The Labute approximate surface area is 91.5 Å². The van der Waals surface area contributed by atoms with Gasteiger partial charge in [-0.3, -0.25) is 0 Å². The van der Waals surface area contributed by atoms with E-state index in [0.717, 1.165) is 17.8 Å². The summed E-state index contributed by atoms with van der Waals surface area (Å²) in [6.45, 7) is 5.75. The number of aliphatic hydroxyl groups excluding tert-OH is 1. The molecule has 1 atom stereocenters. The first kappa shape index (κ1) is 12.0. The lowest BCUT2D eigenvalue weighted by Crippen LogP contribution is -2.28. The first-order chi connectivity index (χ1) is 7.20. The van der Waals surface area contributed by atoms with E-state index < -0.39 is 0 Å². The molecule has 0 spiro atoms. The third kappa shape index (κ3) is 2.94. The number of benzene rings is 1. The van der Waals surface area contributed by atoms with Crippen molar-refractivity contribution in [3.63, 3.8) is 0 Å². The smallest absolute Gasteiger partial charge is 0.0606 e. The second kappa shape index (κ2) is 5.73. The van der Waals surface area contributed by atoms with Crippen LogP contribution in [0.5, 0.6) is 0 Å². The van der Waals surface area contributed by atoms with Gasteiger partial charge in [-0.25, -0.2) is 0 Å². The number of nitrogens with two attached hydrogens (primary N) is 1. The average molecular weight is 208 g/mol. The molecule has 3 heteroatoms. The normalized spacial score (nSPS) is 12.5. The molecule has 1 rings (SSSR count). The first-order valence-electron chi connectivity index (χ1n) is 5.41. The summed E-state index contributed by atoms with van der Waals surface area (Å²) in [5, 5.41) is 8.99. The number of aliphatic hydroxyl groups is 1. The Kier molecular flexibility index (Phi) is 4.59. The van der Waals surface area contributed by atoms with Crippen LogP contribution < -0.4 is 10.6 Å². The molecule has 0 saturated carbocycles. The largest absolute Gasteiger partial charge is 0.395 e. The van der Waals surface area contributed by atoms with E-state index in [2.05, 4.69) is 17.9 Å². The van der Waals surface area contributed by atoms with Crippen LogP contribution >= 0.6 is 0 Å². The van der Waals surface area contributed by atoms with Gasteiger partial charge in [-0.05, 0) is 25.5 Å². The molecule has 15 heavy (non-hydrogen) atoms. The van der Waals surface area contributed by atoms with E-state index in [1.165, 1.54) is 0 Å². The summed E-state index contributed by atoms with van der Waals surface area (Å²) in [6.07, 6.45) is 0. The van der Waals surface area contributed by atoms with Gasteiger partial charge in [-0.15, -0.1) is 0 Å². The summed E-state index contributed by atoms with van der Waals surface area (Å²) in [7, 11) is 0. The number of para-hydroxylation sites is 1. The fourth-order valence-electron chi connectivity index (χ4n) is 1.73. The summed E-state index contributed by atoms with van der Waals surface area (Å²) >= 11 is 0. The number of hydrogen-bond acceptors (Lipinski definition) is 3. The second-order valence-electron chi connectivity index (χ2n) is 3.65. The highest BCUT2D eigenvalue weighted by molar-refractivity contribution is 5.54. The average Bonchev–Trinajstić information content (AvgIpc) is 2.26. The lowest BCUT2D eigenvalue weighted by atomic mass is 10.1. The molecule has 3 nitrogen and oxygen atoms in total. The van der Waals surface area contributed by atoms with Crippen molar-refractivity contribution in [3.8, 4) is 0 Å². The van der Waals surface area contributed by atoms with Crippen molar-refractivity contribution in [2.24, 2.45) is 5.73 Å². The molecule has 0 bridgehead atoms. The maximum absolute atomic E-state index is 8.99. The van der Waals surface area contributed by atoms with Gasteiger partial charge in [0.1, 0.15) is 0 Å². The number of rotatable bonds is 5. The van der Waals surface area contributed by atoms with Crippen LogP contribution in [0, 0.1) is 0 Å². The van der Waals surface area contributed by atoms with Crippen LogP contribution in [0.1, 0.15) is 25.5 Å². The Bertz CT molecular complexity index is 299. The van der Waals surface area contributed by atoms with E-state index in [1.807, 2.05) is 25.1 Å². The summed E-state index contributed by atoms with van der Waals surface area (Å²) in [5.74, 6) is 0. The zero-order valence-electron chi connectivity index (χ0n) is 9.48. The third-order valence-electron chi connectivity index (χ3n) is 2.52. The van der Waals surface area contributed by atoms with Gasteiger partial charge in [0.2, 0.25) is 0 Å². The minimum Gasteiger partial charge on any atom is -0.395 e. The van der Waals surface area contributed by atoms with Crippen molar-refractivity contribution in [1.29, 1.82) is 0 Å². The molecular weight excluding hydrogens is 188 g/mol. The molecule has 0 saturated heterocycles. The van der Waals surface area contributed by atoms with Crippen LogP contribution in [-0.2, 0) is 0 Å². The van der Waals surface area contributed by atoms with Crippen molar-refractivity contribution in [2.45, 2.75) is 19.9 Å². The summed E-state index contributed by atoms with van der Waals surface area (Å²) < 4.78 is 0. The standard InChI is InChI=1S/C12H20N2O/c1-3-14(8-9-15)12-7-5-4-6-11(12)10(2)13/h4-7,10,15H,3,8-9,13H2,1-2H3/t10-/m0/s1. The minimum atomic E-state index is 0.0222. The van der Waals surface area contributed by atoms with Crippen LogP contribution in [0.4, 0.5) is 5.69 Å². The molecule has 0 aliphatic heterocycles. The SMILES string of the molecule is CCN(CCO)c1ccccc1[C@H](C)N. The molecule has 3 N–H and O–H groups in total. The molecule has 1 aromatic carbocycles. The molecule has 0 fully saturated rings. The molecule has 0 unspecified atom stereocenters. The first-order valence-corrected chi connectivity index (χ1v) is 5.41. The highest BCUT2D eigenvalue weighted by atomic mass is 16.3. The predicted octanol–water partition coefficient (Wildman–Crippen LogP) is 1.52. The van der Waals surface area contributed by atoms with E-state index in [9.17, 15) is 0 Å². The van der Waals surface area contributed by atoms with E-state index in [4.69, 9.17) is 10.8 Å². The fourth-order valence-corrected chi connectivity index (χ4v) is 1.73. The number of nitrogens with zero attached hydrogens (tertiary/aromatic N) is 1. The van der Waals surface area contributed by atoms with Gasteiger partial charge in [0.05, 0.1) is 6.61 Å². The van der Waals surface area contributed by atoms with E-state index >= 15 is 0 Å². The predicted molar refractivity (Wildman–Crippen MR) is 64.0 cm³/mol. The van der Waals surface area contributed by atoms with Crippen molar-refractivity contribution in [2.75, 3.05) is 24.6 Å². The van der Waals surface area contributed by atoms with Crippen LogP contribution in [0.3, 0.4) is 0 Å². The Morgan fingerprint density at radius 2 is 2.07 bits per heavy atom. The maximum atomic E-state index is 8.99. The lowest BCUT2D eigenvalue weighted by Gasteiger charge is -2.26. The zero-order valence-corrected chi connectivity index (χ0v) is 9.48. The Morgan fingerprint density at radius 3 is 2.60 bits per heavy atom. The van der Waals surface area contributed by atoms with Crippen molar-refractivity contribution >= 4 is 5.69 Å². The number of likely N-dealkylation sites (N-methyl/N-ethyl adjacent to an activating group) is 1. The number of hydrogen-bond donors (Lipinski definition) is 2. The number of anilines is 1. The monoisotopic (exact) mass is 208 g/mol. The highest BCUT2D eigenvalue weighted by Gasteiger charge is 2.10. The summed E-state index contributed by atoms with van der Waals surface area (Å²) in [6, 6.07) is 8.11. The Balaban J connectivity index is 2.99. The fraction of sp³-hybridized carbons (Fsp3) is 0.500. The van der Waals surface area contributed by atoms with Crippen molar-refractivity contribution < 1.29 is 5.11 Å². The molecule has 0 amide bonds. The highest BCUT2D eigenvalue weighted by Crippen LogP contribution is 2.24.